The molecule has 2 amide bonds. The molecule has 0 atom stereocenters. The van der Waals surface area contributed by atoms with Crippen molar-refractivity contribution in [1.29, 1.82) is 0 Å². The molecule has 35 heavy (non-hydrogen) atoms. The van der Waals surface area contributed by atoms with E-state index < -0.39 is 0 Å². The highest BCUT2D eigenvalue weighted by molar-refractivity contribution is 5.95. The van der Waals surface area contributed by atoms with Crippen LogP contribution in [-0.4, -0.2) is 67.2 Å². The zero-order valence-corrected chi connectivity index (χ0v) is 21.3. The molecule has 0 radical (unpaired) electrons. The van der Waals surface area contributed by atoms with Gasteiger partial charge in [0.25, 0.3) is 0 Å². The second-order valence-corrected chi connectivity index (χ2v) is 10.4. The van der Waals surface area contributed by atoms with Gasteiger partial charge in [0, 0.05) is 43.7 Å². The number of amides is 2. The van der Waals surface area contributed by atoms with Crippen LogP contribution in [0.2, 0.25) is 0 Å². The lowest BCUT2D eigenvalue weighted by molar-refractivity contribution is -0.116. The fourth-order valence-corrected chi connectivity index (χ4v) is 6.25. The van der Waals surface area contributed by atoms with E-state index in [1.54, 1.807) is 6.92 Å². The third-order valence-electron chi connectivity index (χ3n) is 8.35. The van der Waals surface area contributed by atoms with Crippen LogP contribution in [0.5, 0.6) is 0 Å². The van der Waals surface area contributed by atoms with E-state index in [1.165, 1.54) is 22.3 Å². The molecule has 5 rings (SSSR count). The Morgan fingerprint density at radius 2 is 1.63 bits per heavy atom. The maximum atomic E-state index is 12.5. The first-order valence-electron chi connectivity index (χ1n) is 13.1. The van der Waals surface area contributed by atoms with E-state index >= 15 is 0 Å². The number of ether oxygens (including phenoxy) is 1. The Morgan fingerprint density at radius 3 is 2.26 bits per heavy atom. The van der Waals surface area contributed by atoms with Gasteiger partial charge in [0.15, 0.2) is 0 Å². The van der Waals surface area contributed by atoms with Crippen molar-refractivity contribution in [1.82, 2.24) is 9.80 Å². The van der Waals surface area contributed by atoms with Gasteiger partial charge >= 0.3 is 6.09 Å². The molecule has 6 nitrogen and oxygen atoms in total. The summed E-state index contributed by atoms with van der Waals surface area (Å²) in [4.78, 5) is 31.1. The number of carbonyl (C=O) groups excluding carboxylic acids is 2. The second kappa shape index (κ2) is 9.65. The fourth-order valence-electron chi connectivity index (χ4n) is 6.25. The molecule has 186 valence electrons. The van der Waals surface area contributed by atoms with Crippen LogP contribution in [0.15, 0.2) is 42.5 Å². The first kappa shape index (κ1) is 23.9. The van der Waals surface area contributed by atoms with Crippen LogP contribution in [-0.2, 0) is 14.9 Å². The quantitative estimate of drug-likeness (QED) is 0.628. The Hall–Kier alpha value is -2.86. The minimum absolute atomic E-state index is 0.0177. The Balaban J connectivity index is 1.32. The van der Waals surface area contributed by atoms with E-state index in [-0.39, 0.29) is 17.4 Å². The molecule has 3 aliphatic rings. The lowest BCUT2D eigenvalue weighted by atomic mass is 9.73. The first-order chi connectivity index (χ1) is 16.9. The number of rotatable bonds is 3. The molecule has 2 aromatic rings. The Labute approximate surface area is 208 Å². The van der Waals surface area contributed by atoms with Gasteiger partial charge in [-0.3, -0.25) is 4.79 Å². The van der Waals surface area contributed by atoms with Gasteiger partial charge in [-0.25, -0.2) is 4.79 Å². The van der Waals surface area contributed by atoms with Crippen LogP contribution >= 0.6 is 0 Å². The van der Waals surface area contributed by atoms with Gasteiger partial charge in [-0.2, -0.15) is 0 Å². The average molecular weight is 476 g/mol. The topological polar surface area (TPSA) is 53.1 Å². The molecule has 0 unspecified atom stereocenters. The van der Waals surface area contributed by atoms with Crippen molar-refractivity contribution in [3.8, 4) is 11.1 Å². The molecular weight excluding hydrogens is 438 g/mol. The monoisotopic (exact) mass is 475 g/mol. The number of likely N-dealkylation sites (tertiary alicyclic amines) is 2. The number of aryl methyl sites for hydroxylation is 1. The van der Waals surface area contributed by atoms with Crippen molar-refractivity contribution in [2.24, 2.45) is 0 Å². The van der Waals surface area contributed by atoms with E-state index in [2.05, 4.69) is 54.3 Å². The van der Waals surface area contributed by atoms with Gasteiger partial charge in [0.05, 0.1) is 6.61 Å². The Bertz CT molecular complexity index is 1080. The highest BCUT2D eigenvalue weighted by Gasteiger charge is 2.46. The number of piperidine rings is 2. The number of benzene rings is 2. The molecule has 2 saturated heterocycles. The number of hydrogen-bond donors (Lipinski definition) is 0. The van der Waals surface area contributed by atoms with Gasteiger partial charge in [-0.05, 0) is 81.4 Å². The molecule has 0 aliphatic carbocycles. The van der Waals surface area contributed by atoms with Crippen molar-refractivity contribution >= 4 is 17.7 Å². The molecule has 2 fully saturated rings. The van der Waals surface area contributed by atoms with Crippen molar-refractivity contribution in [3.63, 3.8) is 0 Å². The van der Waals surface area contributed by atoms with Gasteiger partial charge < -0.3 is 19.4 Å². The molecule has 1 spiro atoms. The third-order valence-corrected chi connectivity index (χ3v) is 8.35. The average Bonchev–Trinajstić information content (AvgIpc) is 3.19. The number of anilines is 1. The van der Waals surface area contributed by atoms with Crippen molar-refractivity contribution in [3.05, 3.63) is 53.6 Å². The summed E-state index contributed by atoms with van der Waals surface area (Å²) < 4.78 is 5.18. The summed E-state index contributed by atoms with van der Waals surface area (Å²) in [5, 5.41) is 0. The Morgan fingerprint density at radius 1 is 0.971 bits per heavy atom. The van der Waals surface area contributed by atoms with Crippen molar-refractivity contribution in [2.45, 2.75) is 57.9 Å². The summed E-state index contributed by atoms with van der Waals surface area (Å²) in [5.74, 6) is 0.125. The number of carbonyl (C=O) groups is 2. The zero-order valence-electron chi connectivity index (χ0n) is 21.3. The van der Waals surface area contributed by atoms with E-state index in [9.17, 15) is 9.59 Å². The first-order valence-corrected chi connectivity index (χ1v) is 13.1. The molecule has 0 N–H and O–H groups in total. The number of hydrogen-bond acceptors (Lipinski definition) is 4. The second-order valence-electron chi connectivity index (χ2n) is 10.4. The maximum absolute atomic E-state index is 12.5. The third kappa shape index (κ3) is 4.56. The van der Waals surface area contributed by atoms with Crippen molar-refractivity contribution in [2.75, 3.05) is 44.2 Å². The predicted octanol–water partition coefficient (Wildman–Crippen LogP) is 4.98. The minimum atomic E-state index is -0.181. The smallest absolute Gasteiger partial charge is 0.409 e. The summed E-state index contributed by atoms with van der Waals surface area (Å²) in [7, 11) is 0. The molecular formula is C29H37N3O3. The summed E-state index contributed by atoms with van der Waals surface area (Å²) in [5.41, 5.74) is 6.15. The lowest BCUT2D eigenvalue weighted by Crippen LogP contribution is -2.52. The van der Waals surface area contributed by atoms with Crippen LogP contribution in [0.25, 0.3) is 11.1 Å². The molecule has 0 aromatic heterocycles. The summed E-state index contributed by atoms with van der Waals surface area (Å²) in [6, 6.07) is 15.9. The normalized spacial score (nSPS) is 20.2. The molecule has 3 heterocycles. The largest absolute Gasteiger partial charge is 0.450 e. The summed E-state index contributed by atoms with van der Waals surface area (Å²) in [6.45, 7) is 10.5. The Kier molecular flexibility index (Phi) is 6.58. The van der Waals surface area contributed by atoms with E-state index in [1.807, 2.05) is 16.7 Å². The van der Waals surface area contributed by atoms with E-state index in [0.717, 1.165) is 64.1 Å². The lowest BCUT2D eigenvalue weighted by Gasteiger charge is -2.45. The highest BCUT2D eigenvalue weighted by atomic mass is 16.6. The van der Waals surface area contributed by atoms with Crippen LogP contribution in [0.4, 0.5) is 10.5 Å². The van der Waals surface area contributed by atoms with Crippen LogP contribution < -0.4 is 4.90 Å². The van der Waals surface area contributed by atoms with Gasteiger partial charge in [-0.15, -0.1) is 0 Å². The predicted molar refractivity (Wildman–Crippen MR) is 139 cm³/mol. The molecule has 3 aliphatic heterocycles. The zero-order chi connectivity index (χ0) is 24.6. The van der Waals surface area contributed by atoms with E-state index in [0.29, 0.717) is 12.6 Å². The van der Waals surface area contributed by atoms with Crippen molar-refractivity contribution < 1.29 is 14.3 Å². The fraction of sp³-hybridized carbons (Fsp3) is 0.517. The van der Waals surface area contributed by atoms with Crippen LogP contribution in [0.3, 0.4) is 0 Å². The minimum Gasteiger partial charge on any atom is -0.450 e. The maximum Gasteiger partial charge on any atom is 0.409 e. The van der Waals surface area contributed by atoms with Crippen LogP contribution in [0.1, 0.15) is 50.7 Å². The number of nitrogens with zero attached hydrogens (tertiary/aromatic N) is 3. The molecule has 2 aromatic carbocycles. The molecule has 0 bridgehead atoms. The number of fused-ring (bicyclic) bond motifs is 2. The van der Waals surface area contributed by atoms with Gasteiger partial charge in [-0.1, -0.05) is 35.9 Å². The molecule has 0 saturated carbocycles. The van der Waals surface area contributed by atoms with E-state index in [4.69, 9.17) is 4.74 Å². The van der Waals surface area contributed by atoms with Crippen LogP contribution in [0, 0.1) is 6.92 Å². The standard InChI is InChI=1S/C29H37N3O3/c1-4-35-28(34)31-15-11-25(12-16-31)30-17-13-29(14-18-30)20-32(22(3)33)27-10-9-24(19-26(27)29)23-7-5-21(2)6-8-23/h5-10,19,25H,4,11-18,20H2,1-3H3. The summed E-state index contributed by atoms with van der Waals surface area (Å²) >= 11 is 0. The van der Waals surface area contributed by atoms with Gasteiger partial charge in [0.1, 0.15) is 0 Å². The highest BCUT2D eigenvalue weighted by Crippen LogP contribution is 2.48. The molecule has 6 heteroatoms. The summed E-state index contributed by atoms with van der Waals surface area (Å²) in [6.07, 6.45) is 3.93. The SMILES string of the molecule is CCOC(=O)N1CCC(N2CCC3(CC2)CN(C(C)=O)c2ccc(-c4ccc(C)cc4)cc23)CC1. The van der Waals surface area contributed by atoms with Gasteiger partial charge in [0.2, 0.25) is 5.91 Å².